The number of morpholine rings is 1. The van der Waals surface area contributed by atoms with E-state index in [1.165, 1.54) is 4.31 Å². The predicted molar refractivity (Wildman–Crippen MR) is 101 cm³/mol. The number of ether oxygens (including phenoxy) is 1. The van der Waals surface area contributed by atoms with E-state index in [4.69, 9.17) is 10.00 Å². The Kier molecular flexibility index (Phi) is 6.19. The quantitative estimate of drug-likeness (QED) is 0.529. The number of fused-ring (bicyclic) bond motifs is 1. The van der Waals surface area contributed by atoms with Gasteiger partial charge in [0.15, 0.2) is 5.16 Å². The minimum Gasteiger partial charge on any atom is -0.379 e. The Labute approximate surface area is 158 Å². The molecule has 0 saturated carbocycles. The lowest BCUT2D eigenvalue weighted by molar-refractivity contribution is 0.0730. The number of aryl methyl sites for hydroxylation is 1. The minimum absolute atomic E-state index is 0.272. The highest BCUT2D eigenvalue weighted by molar-refractivity contribution is 7.99. The van der Waals surface area contributed by atoms with Gasteiger partial charge in [-0.1, -0.05) is 11.8 Å². The van der Waals surface area contributed by atoms with Crippen LogP contribution in [0.4, 0.5) is 0 Å². The van der Waals surface area contributed by atoms with Crippen LogP contribution in [0.5, 0.6) is 0 Å². The van der Waals surface area contributed by atoms with Crippen LogP contribution in [0, 0.1) is 11.3 Å². The fourth-order valence-corrected chi connectivity index (χ4v) is 5.36. The fourth-order valence-electron chi connectivity index (χ4n) is 2.91. The van der Waals surface area contributed by atoms with Crippen molar-refractivity contribution >= 4 is 32.8 Å². The van der Waals surface area contributed by atoms with Gasteiger partial charge in [0.05, 0.1) is 35.2 Å². The summed E-state index contributed by atoms with van der Waals surface area (Å²) in [6.45, 7) is 4.41. The number of nitrogens with zero attached hydrogens (tertiary/aromatic N) is 4. The molecule has 2 aromatic rings. The molecule has 2 heterocycles. The second-order valence-electron chi connectivity index (χ2n) is 5.92. The van der Waals surface area contributed by atoms with Crippen molar-refractivity contribution < 1.29 is 13.2 Å². The third kappa shape index (κ3) is 3.88. The van der Waals surface area contributed by atoms with Gasteiger partial charge in [-0.2, -0.15) is 9.57 Å². The number of sulfonamides is 1. The zero-order valence-electron chi connectivity index (χ0n) is 14.7. The molecular weight excluding hydrogens is 372 g/mol. The highest BCUT2D eigenvalue weighted by Gasteiger charge is 2.27. The Hall–Kier alpha value is -1.60. The number of benzene rings is 1. The third-order valence-electron chi connectivity index (χ3n) is 4.27. The number of hydrogen-bond acceptors (Lipinski definition) is 6. The van der Waals surface area contributed by atoms with E-state index in [0.29, 0.717) is 38.2 Å². The number of rotatable bonds is 7. The maximum atomic E-state index is 12.8. The van der Waals surface area contributed by atoms with Crippen molar-refractivity contribution in [2.24, 2.45) is 0 Å². The molecule has 0 unspecified atom stereocenters. The minimum atomic E-state index is -3.53. The summed E-state index contributed by atoms with van der Waals surface area (Å²) in [7, 11) is -3.53. The average molecular weight is 395 g/mol. The summed E-state index contributed by atoms with van der Waals surface area (Å²) in [5, 5.41) is 9.51. The Morgan fingerprint density at radius 3 is 2.81 bits per heavy atom. The fraction of sp³-hybridized carbons (Fsp3) is 0.529. The van der Waals surface area contributed by atoms with Gasteiger partial charge in [-0.05, 0) is 31.5 Å². The summed E-state index contributed by atoms with van der Waals surface area (Å²) in [5.41, 5.74) is 1.61. The van der Waals surface area contributed by atoms with Crippen molar-refractivity contribution in [1.82, 2.24) is 13.9 Å². The van der Waals surface area contributed by atoms with E-state index in [2.05, 4.69) is 15.6 Å². The second-order valence-corrected chi connectivity index (χ2v) is 8.92. The SMILES string of the molecule is CCn1c(SCCCC#N)nc2cc(S(=O)(=O)N3CCOCC3)ccc21. The molecule has 0 spiro atoms. The molecule has 140 valence electrons. The maximum absolute atomic E-state index is 12.8. The van der Waals surface area contributed by atoms with Gasteiger partial charge in [0.2, 0.25) is 10.0 Å². The second kappa shape index (κ2) is 8.39. The lowest BCUT2D eigenvalue weighted by atomic mass is 10.3. The van der Waals surface area contributed by atoms with E-state index in [9.17, 15) is 8.42 Å². The molecule has 7 nitrogen and oxygen atoms in total. The van der Waals surface area contributed by atoms with Crippen LogP contribution in [0.2, 0.25) is 0 Å². The Balaban J connectivity index is 1.89. The number of thioether (sulfide) groups is 1. The lowest BCUT2D eigenvalue weighted by Crippen LogP contribution is -2.40. The molecule has 1 saturated heterocycles. The summed E-state index contributed by atoms with van der Waals surface area (Å²) in [4.78, 5) is 4.91. The molecule has 1 aliphatic rings. The average Bonchev–Trinajstić information content (AvgIpc) is 3.02. The highest BCUT2D eigenvalue weighted by Crippen LogP contribution is 2.28. The molecule has 0 aliphatic carbocycles. The van der Waals surface area contributed by atoms with Gasteiger partial charge in [0.1, 0.15) is 0 Å². The van der Waals surface area contributed by atoms with Crippen LogP contribution < -0.4 is 0 Å². The number of hydrogen-bond donors (Lipinski definition) is 0. The summed E-state index contributed by atoms with van der Waals surface area (Å²) < 4.78 is 34.5. The van der Waals surface area contributed by atoms with E-state index in [1.807, 2.05) is 13.0 Å². The molecule has 0 N–H and O–H groups in total. The predicted octanol–water partition coefficient (Wildman–Crippen LogP) is 2.47. The number of imidazole rings is 1. The van der Waals surface area contributed by atoms with Crippen LogP contribution >= 0.6 is 11.8 Å². The normalized spacial score (nSPS) is 16.0. The van der Waals surface area contributed by atoms with Crippen LogP contribution in [-0.2, 0) is 21.3 Å². The first-order valence-electron chi connectivity index (χ1n) is 8.66. The van der Waals surface area contributed by atoms with E-state index in [0.717, 1.165) is 29.4 Å². The zero-order chi connectivity index (χ0) is 18.6. The number of nitriles is 1. The van der Waals surface area contributed by atoms with E-state index >= 15 is 0 Å². The summed E-state index contributed by atoms with van der Waals surface area (Å²) >= 11 is 1.60. The first kappa shape index (κ1) is 19.2. The Morgan fingerprint density at radius 1 is 1.35 bits per heavy atom. The first-order chi connectivity index (χ1) is 12.6. The largest absolute Gasteiger partial charge is 0.379 e. The molecule has 1 aliphatic heterocycles. The smallest absolute Gasteiger partial charge is 0.243 e. The van der Waals surface area contributed by atoms with Gasteiger partial charge in [-0.25, -0.2) is 13.4 Å². The van der Waals surface area contributed by atoms with Crippen LogP contribution in [0.1, 0.15) is 19.8 Å². The zero-order valence-corrected chi connectivity index (χ0v) is 16.4. The lowest BCUT2D eigenvalue weighted by Gasteiger charge is -2.26. The summed E-state index contributed by atoms with van der Waals surface area (Å²) in [6.07, 6.45) is 1.34. The molecule has 0 radical (unpaired) electrons. The highest BCUT2D eigenvalue weighted by atomic mass is 32.2. The van der Waals surface area contributed by atoms with Gasteiger partial charge >= 0.3 is 0 Å². The van der Waals surface area contributed by atoms with Gasteiger partial charge < -0.3 is 9.30 Å². The van der Waals surface area contributed by atoms with E-state index in [-0.39, 0.29) is 4.90 Å². The van der Waals surface area contributed by atoms with Crippen molar-refractivity contribution in [2.45, 2.75) is 36.4 Å². The number of unbranched alkanes of at least 4 members (excludes halogenated alkanes) is 1. The topological polar surface area (TPSA) is 88.2 Å². The van der Waals surface area contributed by atoms with Crippen LogP contribution in [0.15, 0.2) is 28.3 Å². The standard InChI is InChI=1S/C17H22N4O3S2/c1-2-21-16-6-5-14(26(22,23)20-8-10-24-11-9-20)13-15(16)19-17(21)25-12-4-3-7-18/h5-6,13H,2-4,8-12H2,1H3. The molecule has 1 aromatic heterocycles. The monoisotopic (exact) mass is 394 g/mol. The molecule has 1 fully saturated rings. The molecule has 26 heavy (non-hydrogen) atoms. The Morgan fingerprint density at radius 2 is 2.12 bits per heavy atom. The van der Waals surface area contributed by atoms with Crippen molar-refractivity contribution in [3.63, 3.8) is 0 Å². The molecular formula is C17H22N4O3S2. The van der Waals surface area contributed by atoms with Gasteiger partial charge in [-0.3, -0.25) is 0 Å². The first-order valence-corrected chi connectivity index (χ1v) is 11.1. The Bertz CT molecular complexity index is 912. The van der Waals surface area contributed by atoms with Crippen molar-refractivity contribution in [2.75, 3.05) is 32.1 Å². The van der Waals surface area contributed by atoms with Crippen LogP contribution in [0.3, 0.4) is 0 Å². The molecule has 1 aromatic carbocycles. The summed E-state index contributed by atoms with van der Waals surface area (Å²) in [6, 6.07) is 7.29. The van der Waals surface area contributed by atoms with E-state index in [1.54, 1.807) is 23.9 Å². The van der Waals surface area contributed by atoms with Crippen LogP contribution in [0.25, 0.3) is 11.0 Å². The van der Waals surface area contributed by atoms with Crippen LogP contribution in [-0.4, -0.2) is 54.3 Å². The van der Waals surface area contributed by atoms with Gasteiger partial charge in [0, 0.05) is 31.8 Å². The van der Waals surface area contributed by atoms with Gasteiger partial charge in [-0.15, -0.1) is 0 Å². The summed E-state index contributed by atoms with van der Waals surface area (Å²) in [5.74, 6) is 0.815. The van der Waals surface area contributed by atoms with Crippen molar-refractivity contribution in [3.05, 3.63) is 18.2 Å². The number of aromatic nitrogens is 2. The third-order valence-corrected chi connectivity index (χ3v) is 7.23. The molecule has 0 atom stereocenters. The molecule has 3 rings (SSSR count). The maximum Gasteiger partial charge on any atom is 0.243 e. The van der Waals surface area contributed by atoms with Crippen molar-refractivity contribution in [3.8, 4) is 6.07 Å². The van der Waals surface area contributed by atoms with E-state index < -0.39 is 10.0 Å². The van der Waals surface area contributed by atoms with Crippen molar-refractivity contribution in [1.29, 1.82) is 5.26 Å². The molecule has 9 heteroatoms. The molecule has 0 amide bonds. The van der Waals surface area contributed by atoms with Gasteiger partial charge in [0.25, 0.3) is 0 Å². The molecule has 0 bridgehead atoms.